The summed E-state index contributed by atoms with van der Waals surface area (Å²) in [5.74, 6) is -0.443. The van der Waals surface area contributed by atoms with Gasteiger partial charge in [-0.25, -0.2) is 17.8 Å². The van der Waals surface area contributed by atoms with Gasteiger partial charge < -0.3 is 15.1 Å². The molecule has 0 radical (unpaired) electrons. The molecule has 1 amide bonds. The van der Waals surface area contributed by atoms with E-state index in [1.807, 2.05) is 0 Å². The number of halogens is 1. The lowest BCUT2D eigenvalue weighted by molar-refractivity contribution is -0.124. The molecule has 2 N–H and O–H groups in total. The minimum absolute atomic E-state index is 0.249. The molecule has 1 saturated heterocycles. The molecule has 1 aliphatic rings. The molecule has 0 aliphatic carbocycles. The van der Waals surface area contributed by atoms with Crippen LogP contribution in [0.2, 0.25) is 0 Å². The van der Waals surface area contributed by atoms with Crippen molar-refractivity contribution in [1.29, 1.82) is 0 Å². The number of amides is 1. The van der Waals surface area contributed by atoms with E-state index in [-0.39, 0.29) is 25.2 Å². The highest BCUT2D eigenvalue weighted by Gasteiger charge is 2.48. The normalized spacial score (nSPS) is 16.8. The minimum Gasteiger partial charge on any atom is -0.444 e. The summed E-state index contributed by atoms with van der Waals surface area (Å²) in [6.45, 7) is 1.23. The van der Waals surface area contributed by atoms with Crippen LogP contribution in [0, 0.1) is 5.82 Å². The van der Waals surface area contributed by atoms with Gasteiger partial charge in [-0.1, -0.05) is 0 Å². The van der Waals surface area contributed by atoms with Crippen LogP contribution in [-0.2, 0) is 21.1 Å². The average molecular weight is 395 g/mol. The summed E-state index contributed by atoms with van der Waals surface area (Å²) in [6.07, 6.45) is 3.51. The Morgan fingerprint density at radius 3 is 2.59 bits per heavy atom. The van der Waals surface area contributed by atoms with Crippen molar-refractivity contribution < 1.29 is 22.0 Å². The van der Waals surface area contributed by atoms with Crippen LogP contribution in [0.3, 0.4) is 0 Å². The Balaban J connectivity index is 1.61. The third kappa shape index (κ3) is 4.19. The van der Waals surface area contributed by atoms with Crippen molar-refractivity contribution in [3.8, 4) is 11.5 Å². The molecule has 0 bridgehead atoms. The smallest absolute Gasteiger partial charge is 0.241 e. The van der Waals surface area contributed by atoms with Crippen molar-refractivity contribution in [3.63, 3.8) is 0 Å². The highest BCUT2D eigenvalue weighted by Crippen LogP contribution is 2.28. The number of rotatable bonds is 6. The molecule has 1 aliphatic heterocycles. The van der Waals surface area contributed by atoms with E-state index in [9.17, 15) is 17.6 Å². The number of carbonyl (C=O) groups excluding carboxylic acids is 1. The van der Waals surface area contributed by atoms with Gasteiger partial charge in [-0.3, -0.25) is 4.79 Å². The van der Waals surface area contributed by atoms with Crippen LogP contribution in [0.1, 0.15) is 18.5 Å². The zero-order chi connectivity index (χ0) is 19.5. The van der Waals surface area contributed by atoms with Crippen LogP contribution in [-0.4, -0.2) is 49.9 Å². The van der Waals surface area contributed by atoms with Gasteiger partial charge in [-0.05, 0) is 50.2 Å². The molecule has 0 unspecified atom stereocenters. The Hall–Kier alpha value is -2.26. The van der Waals surface area contributed by atoms with Crippen LogP contribution in [0.15, 0.2) is 34.9 Å². The number of nitrogens with zero attached hydrogens (tertiary/aromatic N) is 1. The van der Waals surface area contributed by atoms with Gasteiger partial charge in [-0.2, -0.15) is 0 Å². The summed E-state index contributed by atoms with van der Waals surface area (Å²) in [5, 5.41) is 5.81. The number of piperidine rings is 1. The van der Waals surface area contributed by atoms with Crippen molar-refractivity contribution in [1.82, 2.24) is 15.6 Å². The van der Waals surface area contributed by atoms with E-state index in [0.29, 0.717) is 36.7 Å². The molecule has 2 aromatic rings. The molecular weight excluding hydrogens is 373 g/mol. The summed E-state index contributed by atoms with van der Waals surface area (Å²) in [5.41, 5.74) is 1.27. The Morgan fingerprint density at radius 2 is 1.96 bits per heavy atom. The zero-order valence-electron chi connectivity index (χ0n) is 15.0. The highest BCUT2D eigenvalue weighted by atomic mass is 32.2. The van der Waals surface area contributed by atoms with Crippen LogP contribution >= 0.6 is 0 Å². The summed E-state index contributed by atoms with van der Waals surface area (Å²) in [6, 6.07) is 5.78. The first kappa shape index (κ1) is 19.5. The topological polar surface area (TPSA) is 101 Å². The first-order valence-electron chi connectivity index (χ1n) is 8.71. The quantitative estimate of drug-likeness (QED) is 0.765. The number of sulfone groups is 1. The third-order valence-corrected chi connectivity index (χ3v) is 6.86. The molecule has 1 aromatic heterocycles. The minimum atomic E-state index is -3.53. The number of carbonyl (C=O) groups is 1. The molecule has 0 saturated carbocycles. The predicted molar refractivity (Wildman–Crippen MR) is 98.3 cm³/mol. The van der Waals surface area contributed by atoms with Crippen molar-refractivity contribution in [2.24, 2.45) is 0 Å². The monoisotopic (exact) mass is 395 g/mol. The van der Waals surface area contributed by atoms with E-state index < -0.39 is 20.5 Å². The second-order valence-corrected chi connectivity index (χ2v) is 9.00. The number of oxazole rings is 1. The fourth-order valence-corrected chi connectivity index (χ4v) is 4.56. The van der Waals surface area contributed by atoms with Gasteiger partial charge in [0.1, 0.15) is 12.1 Å². The molecule has 9 heteroatoms. The van der Waals surface area contributed by atoms with E-state index in [0.717, 1.165) is 6.26 Å². The lowest BCUT2D eigenvalue weighted by atomic mass is 9.96. The largest absolute Gasteiger partial charge is 0.444 e. The molecular formula is C18H22FN3O4S. The second-order valence-electron chi connectivity index (χ2n) is 6.67. The molecule has 27 heavy (non-hydrogen) atoms. The van der Waals surface area contributed by atoms with E-state index >= 15 is 0 Å². The third-order valence-electron chi connectivity index (χ3n) is 4.84. The number of aromatic nitrogens is 1. The number of hydrogen-bond donors (Lipinski definition) is 2. The maximum absolute atomic E-state index is 13.0. The molecule has 1 fully saturated rings. The molecule has 3 rings (SSSR count). The van der Waals surface area contributed by atoms with Gasteiger partial charge in [-0.15, -0.1) is 0 Å². The van der Waals surface area contributed by atoms with Crippen molar-refractivity contribution >= 4 is 15.7 Å². The Bertz CT molecular complexity index is 903. The maximum Gasteiger partial charge on any atom is 0.241 e. The summed E-state index contributed by atoms with van der Waals surface area (Å²) in [7, 11) is -3.53. The van der Waals surface area contributed by atoms with Crippen LogP contribution in [0.5, 0.6) is 0 Å². The Morgan fingerprint density at radius 1 is 1.30 bits per heavy atom. The van der Waals surface area contributed by atoms with E-state index in [4.69, 9.17) is 4.42 Å². The number of hydrogen-bond acceptors (Lipinski definition) is 6. The van der Waals surface area contributed by atoms with Gasteiger partial charge in [0.2, 0.25) is 11.8 Å². The van der Waals surface area contributed by atoms with Crippen LogP contribution in [0.4, 0.5) is 4.39 Å². The highest BCUT2D eigenvalue weighted by molar-refractivity contribution is 7.92. The van der Waals surface area contributed by atoms with Gasteiger partial charge in [0.05, 0.1) is 5.69 Å². The lowest BCUT2D eigenvalue weighted by Gasteiger charge is -2.34. The molecule has 7 nitrogen and oxygen atoms in total. The molecule has 2 heterocycles. The van der Waals surface area contributed by atoms with E-state index in [2.05, 4.69) is 15.6 Å². The second kappa shape index (κ2) is 7.77. The standard InChI is InChI=1S/C18H22FN3O4S/c1-27(24,25)18(7-10-20-11-8-18)17(23)21-9-6-15-12-26-16(22-15)13-2-4-14(19)5-3-13/h2-5,12,20H,6-11H2,1H3,(H,21,23). The van der Waals surface area contributed by atoms with Gasteiger partial charge >= 0.3 is 0 Å². The molecule has 0 spiro atoms. The maximum atomic E-state index is 13.0. The summed E-state index contributed by atoms with van der Waals surface area (Å²) in [4.78, 5) is 16.9. The number of benzene rings is 1. The average Bonchev–Trinajstić information content (AvgIpc) is 3.11. The molecule has 146 valence electrons. The van der Waals surface area contributed by atoms with Crippen molar-refractivity contribution in [2.45, 2.75) is 24.0 Å². The van der Waals surface area contributed by atoms with Crippen molar-refractivity contribution in [3.05, 3.63) is 42.0 Å². The number of nitrogens with one attached hydrogen (secondary N) is 2. The van der Waals surface area contributed by atoms with Crippen molar-refractivity contribution in [2.75, 3.05) is 25.9 Å². The van der Waals surface area contributed by atoms with E-state index in [1.54, 1.807) is 12.1 Å². The first-order valence-corrected chi connectivity index (χ1v) is 10.6. The predicted octanol–water partition coefficient (Wildman–Crippen LogP) is 1.31. The SMILES string of the molecule is CS(=O)(=O)C1(C(=O)NCCc2coc(-c3ccc(F)cc3)n2)CCNCC1. The molecule has 0 atom stereocenters. The van der Waals surface area contributed by atoms with Gasteiger partial charge in [0.15, 0.2) is 14.6 Å². The Labute approximate surface area is 157 Å². The Kier molecular flexibility index (Phi) is 5.61. The van der Waals surface area contributed by atoms with Crippen LogP contribution in [0.25, 0.3) is 11.5 Å². The molecule has 1 aromatic carbocycles. The van der Waals surface area contributed by atoms with Gasteiger partial charge in [0, 0.05) is 24.8 Å². The first-order chi connectivity index (χ1) is 12.8. The van der Waals surface area contributed by atoms with E-state index in [1.165, 1.54) is 18.4 Å². The summed E-state index contributed by atoms with van der Waals surface area (Å²) < 4.78 is 41.4. The van der Waals surface area contributed by atoms with Gasteiger partial charge in [0.25, 0.3) is 0 Å². The summed E-state index contributed by atoms with van der Waals surface area (Å²) >= 11 is 0. The fourth-order valence-electron chi connectivity index (χ4n) is 3.21. The fraction of sp³-hybridized carbons (Fsp3) is 0.444. The lowest BCUT2D eigenvalue weighted by Crippen LogP contribution is -2.57. The zero-order valence-corrected chi connectivity index (χ0v) is 15.8. The van der Waals surface area contributed by atoms with Crippen LogP contribution < -0.4 is 10.6 Å².